The summed E-state index contributed by atoms with van der Waals surface area (Å²) < 4.78 is 6.01. The minimum absolute atomic E-state index is 0.103. The van der Waals surface area contributed by atoms with Gasteiger partial charge >= 0.3 is 0 Å². The maximum absolute atomic E-state index is 11.9. The summed E-state index contributed by atoms with van der Waals surface area (Å²) in [7, 11) is 0. The molecule has 2 aliphatic heterocycles. The van der Waals surface area contributed by atoms with E-state index in [2.05, 4.69) is 9.97 Å². The Balaban J connectivity index is 1.70. The van der Waals surface area contributed by atoms with Crippen molar-refractivity contribution in [1.82, 2.24) is 14.9 Å². The molecule has 0 atom stereocenters. The molecule has 1 aromatic heterocycles. The van der Waals surface area contributed by atoms with Gasteiger partial charge in [0.2, 0.25) is 17.7 Å². The Morgan fingerprint density at radius 2 is 2.00 bits per heavy atom. The van der Waals surface area contributed by atoms with Crippen molar-refractivity contribution >= 4 is 17.7 Å². The molecule has 21 heavy (non-hydrogen) atoms. The molecule has 8 nitrogen and oxygen atoms in total. The molecule has 3 heterocycles. The molecular weight excluding hydrogens is 272 g/mol. The molecular formula is C13H20N6O2. The van der Waals surface area contributed by atoms with Crippen molar-refractivity contribution in [3.8, 4) is 5.88 Å². The minimum Gasteiger partial charge on any atom is -0.470 e. The average molecular weight is 292 g/mol. The second-order valence-electron chi connectivity index (χ2n) is 5.63. The van der Waals surface area contributed by atoms with Crippen LogP contribution < -0.4 is 21.9 Å². The third-order valence-corrected chi connectivity index (χ3v) is 4.22. The fourth-order valence-corrected chi connectivity index (χ4v) is 3.03. The molecule has 1 aromatic rings. The predicted octanol–water partition coefficient (Wildman–Crippen LogP) is -0.714. The highest BCUT2D eigenvalue weighted by molar-refractivity contribution is 5.76. The number of anilines is 2. The standard InChI is InChI=1S/C13H20N6O2/c14-4-1-9(20)19-5-2-13(3-6-19)7-8-10(15)17-12(16)18-11(8)21-13/h1-7,14H2,(H4,15,16,17,18). The van der Waals surface area contributed by atoms with Crippen LogP contribution in [0.25, 0.3) is 0 Å². The van der Waals surface area contributed by atoms with E-state index in [4.69, 9.17) is 21.9 Å². The number of nitrogen functional groups attached to an aromatic ring is 2. The van der Waals surface area contributed by atoms with Crippen molar-refractivity contribution in [2.24, 2.45) is 5.73 Å². The third kappa shape index (κ3) is 2.46. The number of hydrogen-bond acceptors (Lipinski definition) is 7. The Morgan fingerprint density at radius 3 is 2.67 bits per heavy atom. The van der Waals surface area contributed by atoms with Crippen LogP contribution in [-0.2, 0) is 11.2 Å². The Kier molecular flexibility index (Phi) is 3.32. The van der Waals surface area contributed by atoms with Gasteiger partial charge in [0.1, 0.15) is 11.4 Å². The molecule has 0 bridgehead atoms. The molecule has 1 amide bonds. The highest BCUT2D eigenvalue weighted by atomic mass is 16.5. The maximum Gasteiger partial charge on any atom is 0.225 e. The lowest BCUT2D eigenvalue weighted by molar-refractivity contribution is -0.134. The molecule has 0 saturated carbocycles. The van der Waals surface area contributed by atoms with E-state index in [9.17, 15) is 4.79 Å². The molecule has 0 aromatic carbocycles. The number of aromatic nitrogens is 2. The van der Waals surface area contributed by atoms with Gasteiger partial charge in [0.15, 0.2) is 0 Å². The number of ether oxygens (including phenoxy) is 1. The van der Waals surface area contributed by atoms with Gasteiger partial charge in [-0.1, -0.05) is 0 Å². The van der Waals surface area contributed by atoms with Gasteiger partial charge in [0.05, 0.1) is 5.56 Å². The van der Waals surface area contributed by atoms with Crippen LogP contribution in [0.15, 0.2) is 0 Å². The van der Waals surface area contributed by atoms with E-state index in [1.807, 2.05) is 4.90 Å². The molecule has 3 rings (SSSR count). The second-order valence-corrected chi connectivity index (χ2v) is 5.63. The highest BCUT2D eigenvalue weighted by Gasteiger charge is 2.44. The van der Waals surface area contributed by atoms with Crippen molar-refractivity contribution in [2.45, 2.75) is 31.3 Å². The molecule has 0 unspecified atom stereocenters. The van der Waals surface area contributed by atoms with E-state index < -0.39 is 0 Å². The summed E-state index contributed by atoms with van der Waals surface area (Å²) in [4.78, 5) is 21.8. The summed E-state index contributed by atoms with van der Waals surface area (Å²) in [5.41, 5.74) is 17.4. The predicted molar refractivity (Wildman–Crippen MR) is 77.4 cm³/mol. The number of amides is 1. The lowest BCUT2D eigenvalue weighted by Gasteiger charge is -2.38. The van der Waals surface area contributed by atoms with Gasteiger partial charge in [-0.25, -0.2) is 0 Å². The van der Waals surface area contributed by atoms with Crippen LogP contribution in [0.5, 0.6) is 5.88 Å². The second kappa shape index (κ2) is 5.03. The largest absolute Gasteiger partial charge is 0.470 e. The summed E-state index contributed by atoms with van der Waals surface area (Å²) >= 11 is 0. The van der Waals surface area contributed by atoms with Crippen LogP contribution in [0.3, 0.4) is 0 Å². The van der Waals surface area contributed by atoms with Gasteiger partial charge in [-0.15, -0.1) is 0 Å². The maximum atomic E-state index is 11.9. The van der Waals surface area contributed by atoms with E-state index in [1.165, 1.54) is 0 Å². The normalized spacial score (nSPS) is 19.4. The molecule has 2 aliphatic rings. The van der Waals surface area contributed by atoms with Crippen LogP contribution in [0.2, 0.25) is 0 Å². The van der Waals surface area contributed by atoms with Crippen molar-refractivity contribution in [1.29, 1.82) is 0 Å². The van der Waals surface area contributed by atoms with Gasteiger partial charge in [0.25, 0.3) is 0 Å². The van der Waals surface area contributed by atoms with Crippen molar-refractivity contribution in [2.75, 3.05) is 31.1 Å². The Hall–Kier alpha value is -2.09. The number of rotatable bonds is 2. The van der Waals surface area contributed by atoms with Crippen molar-refractivity contribution in [3.05, 3.63) is 5.56 Å². The van der Waals surface area contributed by atoms with Crippen molar-refractivity contribution < 1.29 is 9.53 Å². The van der Waals surface area contributed by atoms with Crippen LogP contribution in [0.4, 0.5) is 11.8 Å². The lowest BCUT2D eigenvalue weighted by atomic mass is 9.87. The number of piperidine rings is 1. The molecule has 1 saturated heterocycles. The summed E-state index contributed by atoms with van der Waals surface area (Å²) in [5.74, 6) is 1.10. The first-order valence-corrected chi connectivity index (χ1v) is 7.12. The van der Waals surface area contributed by atoms with E-state index in [0.29, 0.717) is 44.2 Å². The zero-order valence-corrected chi connectivity index (χ0v) is 11.8. The lowest BCUT2D eigenvalue weighted by Crippen LogP contribution is -2.49. The fraction of sp³-hybridized carbons (Fsp3) is 0.615. The smallest absolute Gasteiger partial charge is 0.225 e. The summed E-state index contributed by atoms with van der Waals surface area (Å²) in [6.45, 7) is 1.71. The number of likely N-dealkylation sites (tertiary alicyclic amines) is 1. The van der Waals surface area contributed by atoms with E-state index in [0.717, 1.165) is 18.4 Å². The highest BCUT2D eigenvalue weighted by Crippen LogP contribution is 2.42. The first-order valence-electron chi connectivity index (χ1n) is 7.12. The molecule has 8 heteroatoms. The topological polar surface area (TPSA) is 133 Å². The SMILES string of the molecule is NCCC(=O)N1CCC2(CC1)Cc1c(N)nc(N)nc1O2. The number of carbonyl (C=O) groups excluding carboxylic acids is 1. The first-order chi connectivity index (χ1) is 10.0. The van der Waals surface area contributed by atoms with E-state index >= 15 is 0 Å². The van der Waals surface area contributed by atoms with Gasteiger partial charge in [-0.2, -0.15) is 9.97 Å². The van der Waals surface area contributed by atoms with Crippen LogP contribution in [-0.4, -0.2) is 46.0 Å². The molecule has 0 aliphatic carbocycles. The molecule has 1 spiro atoms. The van der Waals surface area contributed by atoms with E-state index in [1.54, 1.807) is 0 Å². The van der Waals surface area contributed by atoms with Gasteiger partial charge in [0, 0.05) is 45.3 Å². The number of hydrogen-bond donors (Lipinski definition) is 3. The quantitative estimate of drug-likeness (QED) is 0.655. The van der Waals surface area contributed by atoms with Gasteiger partial charge < -0.3 is 26.8 Å². The van der Waals surface area contributed by atoms with Crippen LogP contribution in [0, 0.1) is 0 Å². The number of nitrogens with two attached hydrogens (primary N) is 3. The third-order valence-electron chi connectivity index (χ3n) is 4.22. The number of nitrogens with zero attached hydrogens (tertiary/aromatic N) is 3. The van der Waals surface area contributed by atoms with Crippen LogP contribution in [0.1, 0.15) is 24.8 Å². The Morgan fingerprint density at radius 1 is 1.29 bits per heavy atom. The van der Waals surface area contributed by atoms with Gasteiger partial charge in [-0.05, 0) is 0 Å². The van der Waals surface area contributed by atoms with Crippen molar-refractivity contribution in [3.63, 3.8) is 0 Å². The summed E-state index contributed by atoms with van der Waals surface area (Å²) in [6, 6.07) is 0. The first kappa shape index (κ1) is 13.9. The average Bonchev–Trinajstić information content (AvgIpc) is 2.78. The van der Waals surface area contributed by atoms with Gasteiger partial charge in [-0.3, -0.25) is 4.79 Å². The number of carbonyl (C=O) groups is 1. The Labute approximate surface area is 122 Å². The van der Waals surface area contributed by atoms with Crippen LogP contribution >= 0.6 is 0 Å². The molecule has 1 fully saturated rings. The minimum atomic E-state index is -0.335. The number of fused-ring (bicyclic) bond motifs is 1. The molecule has 0 radical (unpaired) electrons. The fourth-order valence-electron chi connectivity index (χ4n) is 3.03. The zero-order chi connectivity index (χ0) is 15.0. The summed E-state index contributed by atoms with van der Waals surface area (Å²) in [5, 5.41) is 0. The monoisotopic (exact) mass is 292 g/mol. The molecule has 114 valence electrons. The zero-order valence-electron chi connectivity index (χ0n) is 11.8. The van der Waals surface area contributed by atoms with E-state index in [-0.39, 0.29) is 17.5 Å². The Bertz CT molecular complexity index is 568. The molecule has 6 N–H and O–H groups in total. The summed E-state index contributed by atoms with van der Waals surface area (Å²) in [6.07, 6.45) is 2.56.